The van der Waals surface area contributed by atoms with Crippen LogP contribution in [-0.2, 0) is 4.74 Å². The van der Waals surface area contributed by atoms with Gasteiger partial charge in [-0.3, -0.25) is 4.79 Å². The summed E-state index contributed by atoms with van der Waals surface area (Å²) < 4.78 is 20.8. The van der Waals surface area contributed by atoms with Gasteiger partial charge in [-0.05, 0) is 70.7 Å². The molecular formula is C28H36FN5O5. The molecule has 210 valence electrons. The highest BCUT2D eigenvalue weighted by Crippen LogP contribution is 2.38. The van der Waals surface area contributed by atoms with E-state index in [1.165, 1.54) is 29.3 Å². The van der Waals surface area contributed by atoms with Gasteiger partial charge in [0.2, 0.25) is 0 Å². The van der Waals surface area contributed by atoms with Gasteiger partial charge in [-0.15, -0.1) is 0 Å². The molecule has 1 aromatic carbocycles. The molecule has 0 unspecified atom stereocenters. The van der Waals surface area contributed by atoms with Crippen LogP contribution in [-0.4, -0.2) is 86.8 Å². The van der Waals surface area contributed by atoms with Crippen molar-refractivity contribution in [2.75, 3.05) is 32.7 Å². The molecule has 1 aromatic heterocycles. The number of benzene rings is 1. The molecule has 0 radical (unpaired) electrons. The number of ether oxygens (including phenoxy) is 1. The number of halogens is 1. The van der Waals surface area contributed by atoms with Gasteiger partial charge in [0.25, 0.3) is 5.91 Å². The zero-order valence-corrected chi connectivity index (χ0v) is 22.7. The van der Waals surface area contributed by atoms with Crippen molar-refractivity contribution in [2.45, 2.75) is 63.7 Å². The van der Waals surface area contributed by atoms with Crippen LogP contribution in [0.4, 0.5) is 15.0 Å². The molecule has 5 rings (SSSR count). The summed E-state index contributed by atoms with van der Waals surface area (Å²) in [6.07, 6.45) is 5.60. The molecule has 0 bridgehead atoms. The van der Waals surface area contributed by atoms with E-state index in [0.29, 0.717) is 56.2 Å². The molecule has 0 saturated carbocycles. The summed E-state index contributed by atoms with van der Waals surface area (Å²) in [4.78, 5) is 39.2. The first-order chi connectivity index (χ1) is 18.5. The lowest BCUT2D eigenvalue weighted by Crippen LogP contribution is -2.52. The van der Waals surface area contributed by atoms with Crippen molar-refractivity contribution in [3.8, 4) is 5.75 Å². The summed E-state index contributed by atoms with van der Waals surface area (Å²) in [7, 11) is 0. The molecule has 2 saturated heterocycles. The number of aromatic nitrogens is 1. The smallest absolute Gasteiger partial charge is 0.410 e. The topological polar surface area (TPSA) is 99.8 Å². The summed E-state index contributed by atoms with van der Waals surface area (Å²) in [6.45, 7) is 7.81. The highest BCUT2D eigenvalue weighted by atomic mass is 19.1. The Balaban J connectivity index is 1.13. The fourth-order valence-corrected chi connectivity index (χ4v) is 5.26. The minimum atomic E-state index is -1.04. The molecule has 3 aliphatic rings. The summed E-state index contributed by atoms with van der Waals surface area (Å²) in [5.74, 6) is 0.772. The van der Waals surface area contributed by atoms with Gasteiger partial charge < -0.3 is 29.0 Å². The number of nitrogens with zero attached hydrogens (tertiary/aromatic N) is 5. The number of aliphatic hydroxyl groups is 1. The number of aliphatic imine (C=N–C) groups is 1. The Labute approximate surface area is 227 Å². The minimum Gasteiger partial charge on any atom is -0.444 e. The molecule has 39 heavy (non-hydrogen) atoms. The van der Waals surface area contributed by atoms with Crippen LogP contribution in [0, 0.1) is 5.82 Å². The lowest BCUT2D eigenvalue weighted by molar-refractivity contribution is -0.0868. The summed E-state index contributed by atoms with van der Waals surface area (Å²) >= 11 is 0. The van der Waals surface area contributed by atoms with E-state index in [2.05, 4.69) is 9.56 Å². The second-order valence-corrected chi connectivity index (χ2v) is 11.5. The number of likely N-dealkylation sites (tertiary alicyclic amines) is 2. The Morgan fingerprint density at radius 3 is 2.38 bits per heavy atom. The fraction of sp³-hybridized carbons (Fsp3) is 0.536. The maximum absolute atomic E-state index is 13.2. The van der Waals surface area contributed by atoms with Crippen LogP contribution in [0.1, 0.15) is 62.9 Å². The van der Waals surface area contributed by atoms with Crippen LogP contribution in [0.5, 0.6) is 5.75 Å². The Morgan fingerprint density at radius 2 is 1.74 bits per heavy atom. The van der Waals surface area contributed by atoms with Gasteiger partial charge >= 0.3 is 6.09 Å². The maximum Gasteiger partial charge on any atom is 0.410 e. The van der Waals surface area contributed by atoms with Gasteiger partial charge in [-0.25, -0.2) is 14.2 Å². The number of rotatable bonds is 4. The normalized spacial score (nSPS) is 19.5. The lowest BCUT2D eigenvalue weighted by Gasteiger charge is -2.40. The number of hydrogen-bond donors (Lipinski definition) is 1. The number of hydrogen-bond acceptors (Lipinski definition) is 7. The molecule has 2 fully saturated rings. The third kappa shape index (κ3) is 6.19. The summed E-state index contributed by atoms with van der Waals surface area (Å²) in [5.41, 5.74) is -1.13. The number of piperidine rings is 2. The minimum absolute atomic E-state index is 0.171. The second-order valence-electron chi connectivity index (χ2n) is 11.5. The van der Waals surface area contributed by atoms with E-state index >= 15 is 0 Å². The first-order valence-corrected chi connectivity index (χ1v) is 13.4. The molecule has 2 aromatic rings. The average molecular weight is 542 g/mol. The van der Waals surface area contributed by atoms with Crippen LogP contribution in [0.25, 0.3) is 0 Å². The first kappa shape index (κ1) is 27.0. The number of β-amino-alcohol motifs (C(OH)–C–C–N with tert-alkyl or cyclic N) is 1. The molecule has 11 heteroatoms. The van der Waals surface area contributed by atoms with Crippen LogP contribution >= 0.6 is 0 Å². The van der Waals surface area contributed by atoms with Gasteiger partial charge in [0.15, 0.2) is 11.6 Å². The quantitative estimate of drug-likeness (QED) is 0.625. The predicted molar refractivity (Wildman–Crippen MR) is 142 cm³/mol. The van der Waals surface area contributed by atoms with Crippen molar-refractivity contribution in [1.29, 1.82) is 0 Å². The fourth-order valence-electron chi connectivity index (χ4n) is 5.26. The van der Waals surface area contributed by atoms with E-state index in [4.69, 9.17) is 9.57 Å². The van der Waals surface area contributed by atoms with Gasteiger partial charge in [0, 0.05) is 50.0 Å². The molecule has 0 aliphatic carbocycles. The average Bonchev–Trinajstić information content (AvgIpc) is 3.31. The van der Waals surface area contributed by atoms with Crippen molar-refractivity contribution in [1.82, 2.24) is 19.4 Å². The van der Waals surface area contributed by atoms with Crippen molar-refractivity contribution >= 4 is 24.2 Å². The maximum atomic E-state index is 13.2. The Hall–Kier alpha value is -3.60. The van der Waals surface area contributed by atoms with E-state index in [0.717, 1.165) is 12.8 Å². The second kappa shape index (κ2) is 10.5. The molecule has 1 N–H and O–H groups in total. The molecule has 3 aliphatic heterocycles. The highest BCUT2D eigenvalue weighted by molar-refractivity contribution is 5.94. The number of fused-ring (bicyclic) bond motifs is 1. The molecule has 0 spiro atoms. The van der Waals surface area contributed by atoms with Crippen molar-refractivity contribution in [3.05, 3.63) is 47.9 Å². The van der Waals surface area contributed by atoms with Crippen molar-refractivity contribution in [2.24, 2.45) is 4.99 Å². The molecule has 0 atom stereocenters. The largest absolute Gasteiger partial charge is 0.444 e. The monoisotopic (exact) mass is 541 g/mol. The van der Waals surface area contributed by atoms with Crippen LogP contribution < -0.4 is 4.84 Å². The number of carbonyl (C=O) groups excluding carboxylic acids is 2. The third-order valence-electron chi connectivity index (χ3n) is 7.41. The van der Waals surface area contributed by atoms with E-state index in [9.17, 15) is 19.1 Å². The molecular weight excluding hydrogens is 505 g/mol. The molecule has 4 heterocycles. The van der Waals surface area contributed by atoms with Crippen molar-refractivity contribution in [3.63, 3.8) is 0 Å². The van der Waals surface area contributed by atoms with E-state index in [1.807, 2.05) is 33.0 Å². The Kier molecular flexibility index (Phi) is 7.28. The van der Waals surface area contributed by atoms with E-state index in [-0.39, 0.29) is 30.4 Å². The van der Waals surface area contributed by atoms with Gasteiger partial charge in [-0.2, -0.15) is 5.06 Å². The number of hydroxylamine groups is 2. The lowest BCUT2D eigenvalue weighted by atomic mass is 9.91. The molecule has 2 amide bonds. The van der Waals surface area contributed by atoms with Crippen LogP contribution in [0.15, 0.2) is 41.5 Å². The zero-order chi connectivity index (χ0) is 27.8. The van der Waals surface area contributed by atoms with Crippen molar-refractivity contribution < 1.29 is 28.7 Å². The first-order valence-electron chi connectivity index (χ1n) is 13.4. The Morgan fingerprint density at radius 1 is 1.08 bits per heavy atom. The number of amides is 2. The number of carbonyl (C=O) groups is 2. The molecule has 10 nitrogen and oxygen atoms in total. The third-order valence-corrected chi connectivity index (χ3v) is 7.41. The zero-order valence-electron chi connectivity index (χ0n) is 22.7. The van der Waals surface area contributed by atoms with E-state index in [1.54, 1.807) is 16.1 Å². The summed E-state index contributed by atoms with van der Waals surface area (Å²) in [5, 5.41) is 12.7. The van der Waals surface area contributed by atoms with E-state index < -0.39 is 11.2 Å². The van der Waals surface area contributed by atoms with Gasteiger partial charge in [0.05, 0.1) is 12.1 Å². The predicted octanol–water partition coefficient (Wildman–Crippen LogP) is 4.14. The summed E-state index contributed by atoms with van der Waals surface area (Å²) in [6, 6.07) is 7.55. The highest BCUT2D eigenvalue weighted by Gasteiger charge is 2.37. The van der Waals surface area contributed by atoms with Gasteiger partial charge in [0.1, 0.15) is 17.8 Å². The Bertz CT molecular complexity index is 1220. The standard InChI is InChI=1S/C28H36FN5O5/c1-27(2,3)38-26(36)32-13-8-22(9-14-32)34-15-10-23-24(34)30-19-33(39-23)18-28(37)11-16-31(17-12-28)25(35)20-4-6-21(29)7-5-20/h4-7,10,15,19,22,37H,8-9,11-14,16-18H2,1-3H3. The van der Waals surface area contributed by atoms with Gasteiger partial charge in [-0.1, -0.05) is 0 Å². The SMILES string of the molecule is CC(C)(C)OC(=O)N1CCC(n2ccc3c2N=CN(CC2(O)CCN(C(=O)c4ccc(F)cc4)CC2)O3)CC1. The van der Waals surface area contributed by atoms with Crippen LogP contribution in [0.2, 0.25) is 0 Å². The van der Waals surface area contributed by atoms with Crippen LogP contribution in [0.3, 0.4) is 0 Å².